The van der Waals surface area contributed by atoms with Crippen molar-refractivity contribution in [3.8, 4) is 11.5 Å². The number of esters is 1. The first kappa shape index (κ1) is 21.6. The van der Waals surface area contributed by atoms with Crippen molar-refractivity contribution in [2.45, 2.75) is 32.7 Å². The molecule has 162 valence electrons. The number of ether oxygens (including phenoxy) is 3. The minimum absolute atomic E-state index is 0.135. The van der Waals surface area contributed by atoms with E-state index in [1.54, 1.807) is 14.2 Å². The SMILES string of the molecule is COC(=O)CC1c2cc(OC)c(OC)cc2CCN1CC(=O)Nc1c(C)n[nH]c1C. The van der Waals surface area contributed by atoms with Crippen molar-refractivity contribution in [1.82, 2.24) is 15.1 Å². The van der Waals surface area contributed by atoms with E-state index in [0.717, 1.165) is 28.9 Å². The molecule has 3 rings (SSSR count). The lowest BCUT2D eigenvalue weighted by molar-refractivity contribution is -0.142. The molecular weight excluding hydrogens is 388 g/mol. The molecule has 2 N–H and O–H groups in total. The van der Waals surface area contributed by atoms with E-state index in [2.05, 4.69) is 15.5 Å². The van der Waals surface area contributed by atoms with Gasteiger partial charge < -0.3 is 19.5 Å². The number of aryl methyl sites for hydroxylation is 2. The molecule has 0 spiro atoms. The molecule has 0 saturated heterocycles. The van der Waals surface area contributed by atoms with Crippen LogP contribution in [0.2, 0.25) is 0 Å². The Morgan fingerprint density at radius 2 is 1.90 bits per heavy atom. The van der Waals surface area contributed by atoms with Gasteiger partial charge in [-0.1, -0.05) is 0 Å². The standard InChI is InChI=1S/C21H28N4O5/c1-12-21(13(2)24-23-12)22-19(26)11-25-7-6-14-8-17(28-3)18(29-4)9-15(14)16(25)10-20(27)30-5/h8-9,16H,6-7,10-11H2,1-5H3,(H,22,26)(H,23,24). The predicted octanol–water partition coefficient (Wildman–Crippen LogP) is 2.14. The van der Waals surface area contributed by atoms with Gasteiger partial charge in [0.2, 0.25) is 5.91 Å². The number of nitrogens with one attached hydrogen (secondary N) is 2. The average Bonchev–Trinajstić information content (AvgIpc) is 3.06. The van der Waals surface area contributed by atoms with Crippen LogP contribution in [0.25, 0.3) is 0 Å². The summed E-state index contributed by atoms with van der Waals surface area (Å²) in [6.45, 7) is 4.45. The Balaban J connectivity index is 1.87. The fourth-order valence-corrected chi connectivity index (χ4v) is 3.85. The van der Waals surface area contributed by atoms with E-state index in [0.29, 0.717) is 23.7 Å². The molecule has 0 radical (unpaired) electrons. The molecular formula is C21H28N4O5. The second-order valence-corrected chi connectivity index (χ2v) is 7.28. The Hall–Kier alpha value is -3.07. The number of carbonyl (C=O) groups excluding carboxylic acids is 2. The summed E-state index contributed by atoms with van der Waals surface area (Å²) in [5.41, 5.74) is 4.22. The lowest BCUT2D eigenvalue weighted by Gasteiger charge is -2.36. The third-order valence-electron chi connectivity index (χ3n) is 5.44. The van der Waals surface area contributed by atoms with Crippen molar-refractivity contribution >= 4 is 17.6 Å². The third-order valence-corrected chi connectivity index (χ3v) is 5.44. The number of hydrogen-bond acceptors (Lipinski definition) is 7. The zero-order chi connectivity index (χ0) is 21.8. The number of methoxy groups -OCH3 is 3. The zero-order valence-electron chi connectivity index (χ0n) is 18.0. The average molecular weight is 416 g/mol. The van der Waals surface area contributed by atoms with Gasteiger partial charge in [-0.05, 0) is 43.5 Å². The molecule has 1 aromatic heterocycles. The van der Waals surface area contributed by atoms with Crippen LogP contribution in [-0.2, 0) is 20.7 Å². The molecule has 1 aromatic carbocycles. The number of fused-ring (bicyclic) bond motifs is 1. The number of amides is 1. The molecule has 1 atom stereocenters. The van der Waals surface area contributed by atoms with Gasteiger partial charge in [0.05, 0.1) is 51.4 Å². The topological polar surface area (TPSA) is 106 Å². The maximum Gasteiger partial charge on any atom is 0.307 e. The maximum atomic E-state index is 12.8. The highest BCUT2D eigenvalue weighted by atomic mass is 16.5. The van der Waals surface area contributed by atoms with E-state index in [1.807, 2.05) is 30.9 Å². The molecule has 0 saturated carbocycles. The van der Waals surface area contributed by atoms with Crippen LogP contribution in [0.5, 0.6) is 11.5 Å². The fraction of sp³-hybridized carbons (Fsp3) is 0.476. The molecule has 9 nitrogen and oxygen atoms in total. The second-order valence-electron chi connectivity index (χ2n) is 7.28. The van der Waals surface area contributed by atoms with Crippen molar-refractivity contribution in [1.29, 1.82) is 0 Å². The quantitative estimate of drug-likeness (QED) is 0.666. The molecule has 0 bridgehead atoms. The summed E-state index contributed by atoms with van der Waals surface area (Å²) < 4.78 is 15.8. The Bertz CT molecular complexity index is 920. The summed E-state index contributed by atoms with van der Waals surface area (Å²) in [6.07, 6.45) is 0.862. The van der Waals surface area contributed by atoms with Gasteiger partial charge in [-0.3, -0.25) is 19.6 Å². The highest BCUT2D eigenvalue weighted by molar-refractivity contribution is 5.93. The Labute approximate surface area is 175 Å². The highest BCUT2D eigenvalue weighted by Gasteiger charge is 2.32. The normalized spacial score (nSPS) is 16.0. The molecule has 1 unspecified atom stereocenters. The van der Waals surface area contributed by atoms with E-state index >= 15 is 0 Å². The van der Waals surface area contributed by atoms with Gasteiger partial charge in [0.25, 0.3) is 0 Å². The van der Waals surface area contributed by atoms with E-state index < -0.39 is 0 Å². The molecule has 9 heteroatoms. The number of benzene rings is 1. The number of rotatable bonds is 7. The molecule has 30 heavy (non-hydrogen) atoms. The summed E-state index contributed by atoms with van der Waals surface area (Å²) >= 11 is 0. The van der Waals surface area contributed by atoms with Gasteiger partial charge >= 0.3 is 5.97 Å². The Morgan fingerprint density at radius 3 is 2.50 bits per heavy atom. The van der Waals surface area contributed by atoms with Gasteiger partial charge in [-0.25, -0.2) is 0 Å². The summed E-state index contributed by atoms with van der Waals surface area (Å²) in [5, 5.41) is 9.89. The molecule has 2 aromatic rings. The van der Waals surface area contributed by atoms with Crippen LogP contribution in [0.4, 0.5) is 5.69 Å². The summed E-state index contributed by atoms with van der Waals surface area (Å²) in [4.78, 5) is 26.9. The van der Waals surface area contributed by atoms with Crippen molar-refractivity contribution in [2.75, 3.05) is 39.7 Å². The first-order valence-corrected chi connectivity index (χ1v) is 9.75. The number of H-pyrrole nitrogens is 1. The monoisotopic (exact) mass is 416 g/mol. The summed E-state index contributed by atoms with van der Waals surface area (Å²) in [7, 11) is 4.53. The van der Waals surface area contributed by atoms with Crippen molar-refractivity contribution in [3.05, 3.63) is 34.6 Å². The molecule has 1 amide bonds. The molecule has 1 aliphatic rings. The minimum Gasteiger partial charge on any atom is -0.493 e. The van der Waals surface area contributed by atoms with Crippen molar-refractivity contribution in [2.24, 2.45) is 0 Å². The lowest BCUT2D eigenvalue weighted by atomic mass is 9.90. The Morgan fingerprint density at radius 1 is 1.20 bits per heavy atom. The number of nitrogens with zero attached hydrogens (tertiary/aromatic N) is 2. The van der Waals surface area contributed by atoms with Crippen LogP contribution in [0.1, 0.15) is 35.0 Å². The third kappa shape index (κ3) is 4.40. The number of carbonyl (C=O) groups is 2. The Kier molecular flexibility index (Phi) is 6.61. The lowest BCUT2D eigenvalue weighted by Crippen LogP contribution is -2.41. The minimum atomic E-state index is -0.338. The van der Waals surface area contributed by atoms with Crippen LogP contribution < -0.4 is 14.8 Å². The van der Waals surface area contributed by atoms with E-state index in [-0.39, 0.29) is 30.9 Å². The van der Waals surface area contributed by atoms with Crippen LogP contribution in [-0.4, -0.2) is 61.4 Å². The van der Waals surface area contributed by atoms with Gasteiger partial charge in [0.1, 0.15) is 0 Å². The van der Waals surface area contributed by atoms with Crippen LogP contribution in [0, 0.1) is 13.8 Å². The number of anilines is 1. The zero-order valence-corrected chi connectivity index (χ0v) is 18.0. The molecule has 2 heterocycles. The van der Waals surface area contributed by atoms with Crippen LogP contribution >= 0.6 is 0 Å². The summed E-state index contributed by atoms with van der Waals surface area (Å²) in [6, 6.07) is 3.52. The second kappa shape index (κ2) is 9.17. The van der Waals surface area contributed by atoms with Gasteiger partial charge in [0, 0.05) is 12.6 Å². The largest absolute Gasteiger partial charge is 0.493 e. The maximum absolute atomic E-state index is 12.8. The first-order valence-electron chi connectivity index (χ1n) is 9.75. The molecule has 0 aliphatic carbocycles. The van der Waals surface area contributed by atoms with Gasteiger partial charge in [-0.2, -0.15) is 5.10 Å². The predicted molar refractivity (Wildman–Crippen MR) is 111 cm³/mol. The van der Waals surface area contributed by atoms with E-state index in [1.165, 1.54) is 7.11 Å². The van der Waals surface area contributed by atoms with E-state index in [4.69, 9.17) is 14.2 Å². The number of aromatic amines is 1. The van der Waals surface area contributed by atoms with Crippen LogP contribution in [0.3, 0.4) is 0 Å². The molecule has 1 aliphatic heterocycles. The van der Waals surface area contributed by atoms with Gasteiger partial charge in [0.15, 0.2) is 11.5 Å². The number of hydrogen-bond donors (Lipinski definition) is 2. The summed E-state index contributed by atoms with van der Waals surface area (Å²) in [5.74, 6) is 0.725. The molecule has 0 fully saturated rings. The van der Waals surface area contributed by atoms with Crippen molar-refractivity contribution in [3.63, 3.8) is 0 Å². The fourth-order valence-electron chi connectivity index (χ4n) is 3.85. The highest BCUT2D eigenvalue weighted by Crippen LogP contribution is 2.39. The van der Waals surface area contributed by atoms with Crippen molar-refractivity contribution < 1.29 is 23.8 Å². The van der Waals surface area contributed by atoms with E-state index in [9.17, 15) is 9.59 Å². The first-order chi connectivity index (χ1) is 14.4. The van der Waals surface area contributed by atoms with Crippen LogP contribution in [0.15, 0.2) is 12.1 Å². The van der Waals surface area contributed by atoms with Gasteiger partial charge in [-0.15, -0.1) is 0 Å². The number of aromatic nitrogens is 2. The smallest absolute Gasteiger partial charge is 0.307 e.